The molecule has 214 valence electrons. The fourth-order valence-electron chi connectivity index (χ4n) is 3.80. The second kappa shape index (κ2) is 12.6. The van der Waals surface area contributed by atoms with Gasteiger partial charge in [-0.25, -0.2) is 16.8 Å². The number of anilines is 3. The van der Waals surface area contributed by atoms with Crippen LogP contribution in [0.2, 0.25) is 0 Å². The number of rotatable bonds is 11. The number of hydrogen-bond donors (Lipinski definition) is 2. The van der Waals surface area contributed by atoms with Crippen molar-refractivity contribution in [3.63, 3.8) is 0 Å². The van der Waals surface area contributed by atoms with Gasteiger partial charge in [0.1, 0.15) is 6.54 Å². The molecule has 0 bridgehead atoms. The lowest BCUT2D eigenvalue weighted by atomic mass is 10.2. The summed E-state index contributed by atoms with van der Waals surface area (Å²) >= 11 is 3.30. The van der Waals surface area contributed by atoms with Crippen LogP contribution >= 0.6 is 15.9 Å². The van der Waals surface area contributed by atoms with E-state index in [1.54, 1.807) is 48.5 Å². The van der Waals surface area contributed by atoms with Gasteiger partial charge in [0.05, 0.1) is 29.7 Å². The standard InChI is InChI=1S/C28H26BrN3O7S2/c1-38-26-17-14-23(18-27(26)39-2)32(41(36,37)25-6-4-3-5-7-25)19-28(33)30-21-12-15-24(16-13-21)40(34,35)31-22-10-8-20(29)9-11-22/h3-18,31H,19H2,1-2H3,(H,30,33). The summed E-state index contributed by atoms with van der Waals surface area (Å²) in [5.41, 5.74) is 0.851. The van der Waals surface area contributed by atoms with Crippen LogP contribution in [-0.2, 0) is 24.8 Å². The SMILES string of the molecule is COc1ccc(N(CC(=O)Nc2ccc(S(=O)(=O)Nc3ccc(Br)cc3)cc2)S(=O)(=O)c2ccccc2)cc1OC. The Morgan fingerprint density at radius 2 is 1.37 bits per heavy atom. The number of carbonyl (C=O) groups is 1. The molecule has 4 rings (SSSR count). The number of hydrogen-bond acceptors (Lipinski definition) is 7. The second-order valence-corrected chi connectivity index (χ2v) is 13.0. The Morgan fingerprint density at radius 3 is 1.98 bits per heavy atom. The maximum Gasteiger partial charge on any atom is 0.264 e. The highest BCUT2D eigenvalue weighted by Crippen LogP contribution is 2.34. The van der Waals surface area contributed by atoms with Crippen molar-refractivity contribution in [3.8, 4) is 11.5 Å². The largest absolute Gasteiger partial charge is 0.493 e. The minimum absolute atomic E-state index is 0.00424. The minimum Gasteiger partial charge on any atom is -0.493 e. The molecular formula is C28H26BrN3O7S2. The lowest BCUT2D eigenvalue weighted by molar-refractivity contribution is -0.114. The molecule has 0 spiro atoms. The molecule has 1 amide bonds. The van der Waals surface area contributed by atoms with E-state index in [0.29, 0.717) is 11.4 Å². The predicted octanol–water partition coefficient (Wildman–Crippen LogP) is 5.10. The summed E-state index contributed by atoms with van der Waals surface area (Å²) in [7, 11) is -5.16. The van der Waals surface area contributed by atoms with E-state index >= 15 is 0 Å². The Bertz CT molecular complexity index is 1730. The number of ether oxygens (including phenoxy) is 2. The van der Waals surface area contributed by atoms with Crippen LogP contribution in [0, 0.1) is 0 Å². The summed E-state index contributed by atoms with van der Waals surface area (Å²) in [5.74, 6) is 0.0255. The van der Waals surface area contributed by atoms with Gasteiger partial charge in [-0.3, -0.25) is 13.8 Å². The zero-order valence-corrected chi connectivity index (χ0v) is 25.2. The van der Waals surface area contributed by atoms with Crippen LogP contribution in [0.3, 0.4) is 0 Å². The summed E-state index contributed by atoms with van der Waals surface area (Å²) in [4.78, 5) is 13.1. The van der Waals surface area contributed by atoms with Gasteiger partial charge in [-0.15, -0.1) is 0 Å². The maximum atomic E-state index is 13.6. The molecule has 13 heteroatoms. The lowest BCUT2D eigenvalue weighted by Crippen LogP contribution is -2.38. The van der Waals surface area contributed by atoms with Crippen LogP contribution in [0.5, 0.6) is 11.5 Å². The highest BCUT2D eigenvalue weighted by molar-refractivity contribution is 9.10. The summed E-state index contributed by atoms with van der Waals surface area (Å²) in [6.45, 7) is -0.572. The smallest absolute Gasteiger partial charge is 0.264 e. The number of nitrogens with one attached hydrogen (secondary N) is 2. The molecule has 0 aliphatic carbocycles. The number of halogens is 1. The predicted molar refractivity (Wildman–Crippen MR) is 161 cm³/mol. The van der Waals surface area contributed by atoms with Crippen molar-refractivity contribution in [1.82, 2.24) is 0 Å². The van der Waals surface area contributed by atoms with Crippen molar-refractivity contribution in [1.29, 1.82) is 0 Å². The summed E-state index contributed by atoms with van der Waals surface area (Å²) in [6, 6.07) is 24.4. The monoisotopic (exact) mass is 659 g/mol. The van der Waals surface area contributed by atoms with Gasteiger partial charge in [0.25, 0.3) is 20.0 Å². The second-order valence-electron chi connectivity index (χ2n) is 8.55. The van der Waals surface area contributed by atoms with E-state index in [1.165, 1.54) is 62.8 Å². The van der Waals surface area contributed by atoms with Crippen LogP contribution in [-0.4, -0.2) is 43.5 Å². The molecule has 0 aliphatic heterocycles. The first kappa shape index (κ1) is 29.9. The topological polar surface area (TPSA) is 131 Å². The number of carbonyl (C=O) groups excluding carboxylic acids is 1. The number of amides is 1. The molecule has 0 heterocycles. The quantitative estimate of drug-likeness (QED) is 0.229. The van der Waals surface area contributed by atoms with Crippen LogP contribution in [0.1, 0.15) is 0 Å². The van der Waals surface area contributed by atoms with Gasteiger partial charge in [0.15, 0.2) is 11.5 Å². The normalized spacial score (nSPS) is 11.4. The van der Waals surface area contributed by atoms with Gasteiger partial charge < -0.3 is 14.8 Å². The zero-order chi connectivity index (χ0) is 29.6. The number of methoxy groups -OCH3 is 2. The van der Waals surface area contributed by atoms with Crippen molar-refractivity contribution in [2.45, 2.75) is 9.79 Å². The highest BCUT2D eigenvalue weighted by atomic mass is 79.9. The van der Waals surface area contributed by atoms with Gasteiger partial charge >= 0.3 is 0 Å². The number of nitrogens with zero attached hydrogens (tertiary/aromatic N) is 1. The van der Waals surface area contributed by atoms with Crippen molar-refractivity contribution < 1.29 is 31.1 Å². The van der Waals surface area contributed by atoms with E-state index in [1.807, 2.05) is 0 Å². The summed E-state index contributed by atoms with van der Waals surface area (Å²) < 4.78 is 67.5. The van der Waals surface area contributed by atoms with E-state index in [-0.39, 0.29) is 26.9 Å². The van der Waals surface area contributed by atoms with E-state index in [4.69, 9.17) is 9.47 Å². The van der Waals surface area contributed by atoms with Gasteiger partial charge in [0.2, 0.25) is 5.91 Å². The van der Waals surface area contributed by atoms with Crippen molar-refractivity contribution in [2.24, 2.45) is 0 Å². The Kier molecular flexibility index (Phi) is 9.21. The molecule has 2 N–H and O–H groups in total. The van der Waals surface area contributed by atoms with E-state index < -0.39 is 32.5 Å². The number of benzene rings is 4. The molecule has 0 fully saturated rings. The lowest BCUT2D eigenvalue weighted by Gasteiger charge is -2.25. The van der Waals surface area contributed by atoms with Gasteiger partial charge in [0, 0.05) is 21.9 Å². The molecule has 0 saturated heterocycles. The molecule has 0 aromatic heterocycles. The van der Waals surface area contributed by atoms with E-state index in [9.17, 15) is 21.6 Å². The van der Waals surface area contributed by atoms with E-state index in [0.717, 1.165) is 8.78 Å². The van der Waals surface area contributed by atoms with Crippen LogP contribution in [0.15, 0.2) is 111 Å². The van der Waals surface area contributed by atoms with Crippen LogP contribution in [0.25, 0.3) is 0 Å². The Labute approximate surface area is 247 Å². The Balaban J connectivity index is 1.56. The minimum atomic E-state index is -4.16. The third kappa shape index (κ3) is 7.17. The fraction of sp³-hybridized carbons (Fsp3) is 0.107. The number of sulfonamides is 2. The Hall–Kier alpha value is -4.07. The summed E-state index contributed by atoms with van der Waals surface area (Å²) in [6.07, 6.45) is 0. The van der Waals surface area contributed by atoms with Gasteiger partial charge in [-0.05, 0) is 72.8 Å². The molecule has 0 saturated carbocycles. The van der Waals surface area contributed by atoms with Gasteiger partial charge in [-0.1, -0.05) is 34.1 Å². The van der Waals surface area contributed by atoms with Crippen molar-refractivity contribution >= 4 is 58.9 Å². The molecule has 4 aromatic carbocycles. The zero-order valence-electron chi connectivity index (χ0n) is 21.9. The van der Waals surface area contributed by atoms with Crippen molar-refractivity contribution in [2.75, 3.05) is 35.1 Å². The average Bonchev–Trinajstić information content (AvgIpc) is 2.97. The molecular weight excluding hydrogens is 634 g/mol. The first-order valence-electron chi connectivity index (χ1n) is 12.0. The summed E-state index contributed by atoms with van der Waals surface area (Å²) in [5, 5.41) is 2.63. The van der Waals surface area contributed by atoms with Crippen LogP contribution < -0.4 is 23.8 Å². The third-order valence-corrected chi connectivity index (χ3v) is 9.53. The first-order chi connectivity index (χ1) is 19.5. The Morgan fingerprint density at radius 1 is 0.756 bits per heavy atom. The molecule has 4 aromatic rings. The molecule has 10 nitrogen and oxygen atoms in total. The molecule has 41 heavy (non-hydrogen) atoms. The highest BCUT2D eigenvalue weighted by Gasteiger charge is 2.28. The van der Waals surface area contributed by atoms with E-state index in [2.05, 4.69) is 26.0 Å². The van der Waals surface area contributed by atoms with Crippen molar-refractivity contribution in [3.05, 3.63) is 102 Å². The molecule has 0 aliphatic rings. The average molecular weight is 661 g/mol. The maximum absolute atomic E-state index is 13.6. The third-order valence-electron chi connectivity index (χ3n) is 5.82. The molecule has 0 unspecified atom stereocenters. The molecule has 0 radical (unpaired) electrons. The first-order valence-corrected chi connectivity index (χ1v) is 15.7. The van der Waals surface area contributed by atoms with Gasteiger partial charge in [-0.2, -0.15) is 0 Å². The molecule has 0 atom stereocenters. The van der Waals surface area contributed by atoms with Crippen LogP contribution in [0.4, 0.5) is 17.1 Å². The fourth-order valence-corrected chi connectivity index (χ4v) is 6.55.